The third-order valence-electron chi connectivity index (χ3n) is 4.69. The normalized spacial score (nSPS) is 12.2. The predicted octanol–water partition coefficient (Wildman–Crippen LogP) is 4.86. The van der Waals surface area contributed by atoms with Gasteiger partial charge >= 0.3 is 0 Å². The summed E-state index contributed by atoms with van der Waals surface area (Å²) in [6, 6.07) is 22.1. The van der Waals surface area contributed by atoms with Crippen molar-refractivity contribution >= 4 is 11.0 Å². The van der Waals surface area contributed by atoms with Crippen molar-refractivity contribution in [3.05, 3.63) is 72.3 Å². The van der Waals surface area contributed by atoms with Crippen molar-refractivity contribution in [3.8, 4) is 34.0 Å². The maximum Gasteiger partial charge on any atom is 0.213 e. The average Bonchev–Trinajstić information content (AvgIpc) is 2.72. The fraction of sp³-hybridized carbons (Fsp3) is 0.0909. The highest BCUT2D eigenvalue weighted by atomic mass is 16.5. The first kappa shape index (κ1) is 14.9. The van der Waals surface area contributed by atoms with Gasteiger partial charge < -0.3 is 9.47 Å². The van der Waals surface area contributed by atoms with Crippen LogP contribution in [-0.4, -0.2) is 17.1 Å². The van der Waals surface area contributed by atoms with E-state index in [0.29, 0.717) is 12.5 Å². The lowest BCUT2D eigenvalue weighted by Crippen LogP contribution is -2.10. The second-order valence-electron chi connectivity index (χ2n) is 6.19. The van der Waals surface area contributed by atoms with E-state index in [0.717, 1.165) is 44.7 Å². The number of pyridine rings is 2. The van der Waals surface area contributed by atoms with Crippen LogP contribution in [0.25, 0.3) is 33.4 Å². The zero-order valence-corrected chi connectivity index (χ0v) is 14.3. The number of aromatic nitrogens is 2. The molecule has 4 aromatic rings. The van der Waals surface area contributed by atoms with Gasteiger partial charge in [0.25, 0.3) is 0 Å². The first-order valence-electron chi connectivity index (χ1n) is 8.50. The van der Waals surface area contributed by atoms with Gasteiger partial charge in [-0.25, -0.2) is 9.97 Å². The Morgan fingerprint density at radius 1 is 0.885 bits per heavy atom. The molecule has 4 heteroatoms. The molecule has 2 aromatic carbocycles. The lowest BCUT2D eigenvalue weighted by molar-refractivity contribution is 0.302. The van der Waals surface area contributed by atoms with Crippen molar-refractivity contribution in [2.75, 3.05) is 7.11 Å². The monoisotopic (exact) mass is 340 g/mol. The molecule has 3 heterocycles. The summed E-state index contributed by atoms with van der Waals surface area (Å²) < 4.78 is 11.4. The molecule has 0 saturated heterocycles. The molecule has 1 aliphatic rings. The Morgan fingerprint density at radius 3 is 2.54 bits per heavy atom. The highest BCUT2D eigenvalue weighted by Crippen LogP contribution is 2.42. The summed E-state index contributed by atoms with van der Waals surface area (Å²) in [6.45, 7) is 0.471. The minimum atomic E-state index is 0.471. The molecule has 26 heavy (non-hydrogen) atoms. The lowest BCUT2D eigenvalue weighted by Gasteiger charge is -2.23. The van der Waals surface area contributed by atoms with Crippen molar-refractivity contribution in [1.29, 1.82) is 0 Å². The van der Waals surface area contributed by atoms with Gasteiger partial charge in [-0.1, -0.05) is 42.5 Å². The molecule has 0 radical (unpaired) electrons. The number of nitrogens with zero attached hydrogens (tertiary/aromatic N) is 2. The van der Waals surface area contributed by atoms with E-state index in [1.165, 1.54) is 0 Å². The van der Waals surface area contributed by atoms with Crippen LogP contribution < -0.4 is 9.47 Å². The summed E-state index contributed by atoms with van der Waals surface area (Å²) >= 11 is 0. The number of hydrogen-bond acceptors (Lipinski definition) is 4. The van der Waals surface area contributed by atoms with Gasteiger partial charge in [-0.05, 0) is 23.8 Å². The van der Waals surface area contributed by atoms with E-state index in [-0.39, 0.29) is 0 Å². The van der Waals surface area contributed by atoms with E-state index >= 15 is 0 Å². The van der Waals surface area contributed by atoms with Crippen molar-refractivity contribution < 1.29 is 9.47 Å². The zero-order chi connectivity index (χ0) is 17.5. The molecule has 0 N–H and O–H groups in total. The lowest BCUT2D eigenvalue weighted by atomic mass is 9.93. The Hall–Kier alpha value is -3.40. The van der Waals surface area contributed by atoms with Gasteiger partial charge in [0, 0.05) is 22.8 Å². The molecule has 0 saturated carbocycles. The first-order chi connectivity index (χ1) is 12.8. The molecule has 0 amide bonds. The molecule has 0 aliphatic carbocycles. The van der Waals surface area contributed by atoms with Gasteiger partial charge in [0.2, 0.25) is 5.88 Å². The molecule has 0 unspecified atom stereocenters. The van der Waals surface area contributed by atoms with Crippen LogP contribution in [0, 0.1) is 0 Å². The highest BCUT2D eigenvalue weighted by molar-refractivity contribution is 5.97. The van der Waals surface area contributed by atoms with Crippen molar-refractivity contribution in [2.45, 2.75) is 6.61 Å². The second kappa shape index (κ2) is 5.85. The fourth-order valence-electron chi connectivity index (χ4n) is 3.49. The SMILES string of the molecule is COc1ccc2nc3c(c(-c4ccccc4)c2n1)COc1ccccc1-3. The second-order valence-corrected chi connectivity index (χ2v) is 6.19. The molecule has 0 spiro atoms. The summed E-state index contributed by atoms with van der Waals surface area (Å²) in [5, 5.41) is 0. The molecular weight excluding hydrogens is 324 g/mol. The van der Waals surface area contributed by atoms with Crippen molar-refractivity contribution in [1.82, 2.24) is 9.97 Å². The molecule has 0 fully saturated rings. The van der Waals surface area contributed by atoms with Crippen LogP contribution in [0.2, 0.25) is 0 Å². The van der Waals surface area contributed by atoms with Gasteiger partial charge in [-0.2, -0.15) is 0 Å². The Labute approximate surface area is 151 Å². The maximum absolute atomic E-state index is 6.02. The number of para-hydroxylation sites is 1. The van der Waals surface area contributed by atoms with E-state index in [1.807, 2.05) is 48.5 Å². The van der Waals surface area contributed by atoms with Crippen LogP contribution in [0.3, 0.4) is 0 Å². The van der Waals surface area contributed by atoms with Crippen LogP contribution in [0.4, 0.5) is 0 Å². The standard InChI is InChI=1S/C22H16N2O2/c1-25-19-12-11-17-22(24-19)20(14-7-3-2-4-8-14)16-13-26-18-10-6-5-9-15(18)21(16)23-17/h2-12H,13H2,1H3. The first-order valence-corrected chi connectivity index (χ1v) is 8.50. The molecule has 126 valence electrons. The third kappa shape index (κ3) is 2.23. The quantitative estimate of drug-likeness (QED) is 0.522. The number of fused-ring (bicyclic) bond motifs is 4. The van der Waals surface area contributed by atoms with Crippen molar-refractivity contribution in [3.63, 3.8) is 0 Å². The summed E-state index contributed by atoms with van der Waals surface area (Å²) in [5.41, 5.74) is 6.87. The molecule has 5 rings (SSSR count). The Balaban J connectivity index is 1.91. The van der Waals surface area contributed by atoms with Gasteiger partial charge in [-0.15, -0.1) is 0 Å². The van der Waals surface area contributed by atoms with E-state index in [2.05, 4.69) is 18.2 Å². The van der Waals surface area contributed by atoms with E-state index in [9.17, 15) is 0 Å². The van der Waals surface area contributed by atoms with Crippen LogP contribution in [-0.2, 0) is 6.61 Å². The maximum atomic E-state index is 6.02. The molecule has 4 nitrogen and oxygen atoms in total. The smallest absolute Gasteiger partial charge is 0.213 e. The zero-order valence-electron chi connectivity index (χ0n) is 14.3. The predicted molar refractivity (Wildman–Crippen MR) is 101 cm³/mol. The van der Waals surface area contributed by atoms with Crippen LogP contribution in [0.1, 0.15) is 5.56 Å². The Morgan fingerprint density at radius 2 is 1.69 bits per heavy atom. The van der Waals surface area contributed by atoms with E-state index in [1.54, 1.807) is 7.11 Å². The van der Waals surface area contributed by atoms with E-state index < -0.39 is 0 Å². The summed E-state index contributed by atoms with van der Waals surface area (Å²) in [5.74, 6) is 1.45. The third-order valence-corrected chi connectivity index (χ3v) is 4.69. The highest BCUT2D eigenvalue weighted by Gasteiger charge is 2.25. The number of hydrogen-bond donors (Lipinski definition) is 0. The van der Waals surface area contributed by atoms with Gasteiger partial charge in [-0.3, -0.25) is 0 Å². The van der Waals surface area contributed by atoms with Gasteiger partial charge in [0.05, 0.1) is 18.3 Å². The number of rotatable bonds is 2. The van der Waals surface area contributed by atoms with Crippen LogP contribution in [0.5, 0.6) is 11.6 Å². The van der Waals surface area contributed by atoms with Crippen LogP contribution in [0.15, 0.2) is 66.7 Å². The number of methoxy groups -OCH3 is 1. The average molecular weight is 340 g/mol. The van der Waals surface area contributed by atoms with E-state index in [4.69, 9.17) is 19.4 Å². The summed E-state index contributed by atoms with van der Waals surface area (Å²) in [4.78, 5) is 9.61. The number of ether oxygens (including phenoxy) is 2. The minimum Gasteiger partial charge on any atom is -0.488 e. The van der Waals surface area contributed by atoms with Gasteiger partial charge in [0.15, 0.2) is 0 Å². The minimum absolute atomic E-state index is 0.471. The molecule has 0 bridgehead atoms. The molecule has 1 aliphatic heterocycles. The Kier molecular flexibility index (Phi) is 3.35. The Bertz CT molecular complexity index is 1120. The molecule has 0 atom stereocenters. The van der Waals surface area contributed by atoms with Gasteiger partial charge in [0.1, 0.15) is 17.9 Å². The molecular formula is C22H16N2O2. The van der Waals surface area contributed by atoms with Crippen LogP contribution >= 0.6 is 0 Å². The summed E-state index contributed by atoms with van der Waals surface area (Å²) in [6.07, 6.45) is 0. The fourth-order valence-corrected chi connectivity index (χ4v) is 3.49. The molecule has 2 aromatic heterocycles. The number of benzene rings is 2. The largest absolute Gasteiger partial charge is 0.488 e. The topological polar surface area (TPSA) is 44.2 Å². The summed E-state index contributed by atoms with van der Waals surface area (Å²) in [7, 11) is 1.63. The van der Waals surface area contributed by atoms with Crippen molar-refractivity contribution in [2.24, 2.45) is 0 Å².